The molecule has 2 N–H and O–H groups in total. The van der Waals surface area contributed by atoms with E-state index < -0.39 is 0 Å². The van der Waals surface area contributed by atoms with Crippen molar-refractivity contribution in [3.8, 4) is 0 Å². The molecule has 1 aliphatic rings. The summed E-state index contributed by atoms with van der Waals surface area (Å²) in [6.45, 7) is 4.52. The van der Waals surface area contributed by atoms with E-state index in [9.17, 15) is 0 Å². The Hall–Kier alpha value is -0.380. The number of rotatable bonds is 3. The van der Waals surface area contributed by atoms with E-state index in [0.29, 0.717) is 12.1 Å². The first-order valence-electron chi connectivity index (χ1n) is 4.86. The van der Waals surface area contributed by atoms with Gasteiger partial charge < -0.3 is 10.6 Å². The average molecular weight is 196 g/mol. The summed E-state index contributed by atoms with van der Waals surface area (Å²) < 4.78 is 0. The van der Waals surface area contributed by atoms with E-state index in [0.717, 1.165) is 13.1 Å². The van der Waals surface area contributed by atoms with Crippen LogP contribution in [0.25, 0.3) is 0 Å². The summed E-state index contributed by atoms with van der Waals surface area (Å²) in [5.41, 5.74) is 0. The van der Waals surface area contributed by atoms with Crippen LogP contribution in [0, 0.1) is 0 Å². The van der Waals surface area contributed by atoms with Crippen molar-refractivity contribution in [2.75, 3.05) is 13.1 Å². The highest BCUT2D eigenvalue weighted by molar-refractivity contribution is 7.10. The predicted molar refractivity (Wildman–Crippen MR) is 57.1 cm³/mol. The fourth-order valence-corrected chi connectivity index (χ4v) is 2.51. The Morgan fingerprint density at radius 2 is 2.62 bits per heavy atom. The Morgan fingerprint density at radius 1 is 1.69 bits per heavy atom. The summed E-state index contributed by atoms with van der Waals surface area (Å²) in [4.78, 5) is 1.44. The number of nitrogens with one attached hydrogen (secondary N) is 2. The van der Waals surface area contributed by atoms with Gasteiger partial charge in [0.05, 0.1) is 0 Å². The van der Waals surface area contributed by atoms with Crippen LogP contribution in [-0.4, -0.2) is 19.1 Å². The lowest BCUT2D eigenvalue weighted by molar-refractivity contribution is 0.483. The number of thiophene rings is 1. The van der Waals surface area contributed by atoms with Gasteiger partial charge >= 0.3 is 0 Å². The molecule has 0 saturated carbocycles. The Balaban J connectivity index is 1.87. The molecule has 13 heavy (non-hydrogen) atoms. The van der Waals surface area contributed by atoms with E-state index in [1.807, 2.05) is 11.3 Å². The Labute approximate surface area is 83.4 Å². The van der Waals surface area contributed by atoms with Crippen molar-refractivity contribution in [3.05, 3.63) is 22.4 Å². The van der Waals surface area contributed by atoms with Crippen molar-refractivity contribution in [2.24, 2.45) is 0 Å². The topological polar surface area (TPSA) is 24.1 Å². The molecule has 1 aliphatic heterocycles. The van der Waals surface area contributed by atoms with Crippen LogP contribution in [0.3, 0.4) is 0 Å². The molecule has 0 aliphatic carbocycles. The molecule has 1 saturated heterocycles. The first-order valence-corrected chi connectivity index (χ1v) is 5.74. The zero-order valence-electron chi connectivity index (χ0n) is 7.92. The summed E-state index contributed by atoms with van der Waals surface area (Å²) in [6, 6.07) is 5.48. The minimum Gasteiger partial charge on any atom is -0.315 e. The predicted octanol–water partition coefficient (Wildman–Crippen LogP) is 1.76. The molecule has 0 aromatic carbocycles. The molecule has 2 atom stereocenters. The van der Waals surface area contributed by atoms with Crippen LogP contribution >= 0.6 is 11.3 Å². The van der Waals surface area contributed by atoms with Gasteiger partial charge in [-0.2, -0.15) is 0 Å². The fraction of sp³-hybridized carbons (Fsp3) is 0.600. The van der Waals surface area contributed by atoms with Gasteiger partial charge in [-0.05, 0) is 31.3 Å². The Kier molecular flexibility index (Phi) is 2.98. The molecule has 1 aromatic rings. The lowest BCUT2D eigenvalue weighted by Gasteiger charge is -2.17. The van der Waals surface area contributed by atoms with Crippen molar-refractivity contribution >= 4 is 11.3 Å². The van der Waals surface area contributed by atoms with Crippen molar-refractivity contribution in [2.45, 2.75) is 25.4 Å². The lowest BCUT2D eigenvalue weighted by atomic mass is 10.2. The van der Waals surface area contributed by atoms with E-state index in [-0.39, 0.29) is 0 Å². The Bertz CT molecular complexity index is 239. The van der Waals surface area contributed by atoms with Crippen LogP contribution in [0.4, 0.5) is 0 Å². The van der Waals surface area contributed by atoms with E-state index >= 15 is 0 Å². The quantitative estimate of drug-likeness (QED) is 0.770. The summed E-state index contributed by atoms with van der Waals surface area (Å²) in [5, 5.41) is 9.13. The van der Waals surface area contributed by atoms with Gasteiger partial charge in [0.15, 0.2) is 0 Å². The first kappa shape index (κ1) is 9.19. The van der Waals surface area contributed by atoms with Crippen molar-refractivity contribution in [3.63, 3.8) is 0 Å². The Morgan fingerprint density at radius 3 is 3.23 bits per heavy atom. The van der Waals surface area contributed by atoms with Gasteiger partial charge in [-0.3, -0.25) is 0 Å². The monoisotopic (exact) mass is 196 g/mol. The minimum absolute atomic E-state index is 0.505. The minimum atomic E-state index is 0.505. The third-order valence-corrected chi connectivity index (χ3v) is 3.57. The second-order valence-electron chi connectivity index (χ2n) is 3.59. The average Bonchev–Trinajstić information content (AvgIpc) is 2.74. The van der Waals surface area contributed by atoms with Crippen LogP contribution in [-0.2, 0) is 0 Å². The van der Waals surface area contributed by atoms with Crippen molar-refractivity contribution < 1.29 is 0 Å². The molecule has 1 aromatic heterocycles. The molecule has 0 radical (unpaired) electrons. The summed E-state index contributed by atoms with van der Waals surface area (Å²) in [6.07, 6.45) is 1.26. The lowest BCUT2D eigenvalue weighted by Crippen LogP contribution is -2.32. The molecule has 0 bridgehead atoms. The molecule has 72 valence electrons. The molecule has 0 amide bonds. The SMILES string of the molecule is CC(N[C@H]1CCNC1)c1cccs1. The summed E-state index contributed by atoms with van der Waals surface area (Å²) >= 11 is 1.83. The molecule has 1 fully saturated rings. The van der Waals surface area contributed by atoms with Crippen molar-refractivity contribution in [1.82, 2.24) is 10.6 Å². The van der Waals surface area contributed by atoms with Crippen LogP contribution in [0.2, 0.25) is 0 Å². The fourth-order valence-electron chi connectivity index (χ4n) is 1.77. The highest BCUT2D eigenvalue weighted by Gasteiger charge is 2.17. The normalized spacial score (nSPS) is 24.8. The second kappa shape index (κ2) is 4.22. The summed E-state index contributed by atoms with van der Waals surface area (Å²) in [5.74, 6) is 0. The zero-order chi connectivity index (χ0) is 9.10. The van der Waals surface area contributed by atoms with Crippen LogP contribution in [0.5, 0.6) is 0 Å². The maximum absolute atomic E-state index is 3.63. The van der Waals surface area contributed by atoms with Gasteiger partial charge in [0.25, 0.3) is 0 Å². The van der Waals surface area contributed by atoms with E-state index in [2.05, 4.69) is 35.1 Å². The maximum atomic E-state index is 3.63. The maximum Gasteiger partial charge on any atom is 0.0388 e. The molecule has 2 nitrogen and oxygen atoms in total. The largest absolute Gasteiger partial charge is 0.315 e. The van der Waals surface area contributed by atoms with Crippen molar-refractivity contribution in [1.29, 1.82) is 0 Å². The summed E-state index contributed by atoms with van der Waals surface area (Å²) in [7, 11) is 0. The zero-order valence-corrected chi connectivity index (χ0v) is 8.73. The first-order chi connectivity index (χ1) is 6.36. The molecular weight excluding hydrogens is 180 g/mol. The third-order valence-electron chi connectivity index (χ3n) is 2.52. The van der Waals surface area contributed by atoms with Gasteiger partial charge in [0.2, 0.25) is 0 Å². The molecule has 3 heteroatoms. The third kappa shape index (κ3) is 2.30. The van der Waals surface area contributed by atoms with E-state index in [1.165, 1.54) is 11.3 Å². The van der Waals surface area contributed by atoms with E-state index in [4.69, 9.17) is 0 Å². The van der Waals surface area contributed by atoms with Crippen LogP contribution in [0.1, 0.15) is 24.3 Å². The van der Waals surface area contributed by atoms with E-state index in [1.54, 1.807) is 0 Å². The van der Waals surface area contributed by atoms with Gasteiger partial charge in [-0.15, -0.1) is 11.3 Å². The van der Waals surface area contributed by atoms with Crippen LogP contribution in [0.15, 0.2) is 17.5 Å². The smallest absolute Gasteiger partial charge is 0.0388 e. The van der Waals surface area contributed by atoms with Gasteiger partial charge in [-0.1, -0.05) is 6.07 Å². The van der Waals surface area contributed by atoms with Gasteiger partial charge in [0.1, 0.15) is 0 Å². The molecule has 0 spiro atoms. The highest BCUT2D eigenvalue weighted by atomic mass is 32.1. The number of hydrogen-bond donors (Lipinski definition) is 2. The molecular formula is C10H16N2S. The van der Waals surface area contributed by atoms with Gasteiger partial charge in [0, 0.05) is 23.5 Å². The number of hydrogen-bond acceptors (Lipinski definition) is 3. The molecule has 2 rings (SSSR count). The highest BCUT2D eigenvalue weighted by Crippen LogP contribution is 2.19. The standard InChI is InChI=1S/C10H16N2S/c1-8(10-3-2-6-13-10)12-9-4-5-11-7-9/h2-3,6,8-9,11-12H,4-5,7H2,1H3/t8?,9-/m0/s1. The second-order valence-corrected chi connectivity index (χ2v) is 4.57. The molecule has 1 unspecified atom stereocenters. The molecule has 2 heterocycles. The van der Waals surface area contributed by atoms with Crippen LogP contribution < -0.4 is 10.6 Å². The van der Waals surface area contributed by atoms with Gasteiger partial charge in [-0.25, -0.2) is 0 Å².